The minimum absolute atomic E-state index is 0.377. The highest BCUT2D eigenvalue weighted by molar-refractivity contribution is 5.62. The van der Waals surface area contributed by atoms with Crippen molar-refractivity contribution >= 4 is 0 Å². The van der Waals surface area contributed by atoms with Crippen LogP contribution in [0.5, 0.6) is 0 Å². The van der Waals surface area contributed by atoms with Crippen LogP contribution in [-0.2, 0) is 17.9 Å². The van der Waals surface area contributed by atoms with Gasteiger partial charge in [0.15, 0.2) is 0 Å². The SMILES string of the molecule is C=C/C=C(\C=C/C)OCc1cc(-c2cccc(C#N)c2)n(CC)n1. The van der Waals surface area contributed by atoms with Gasteiger partial charge in [0.1, 0.15) is 18.1 Å². The molecule has 0 N–H and O–H groups in total. The van der Waals surface area contributed by atoms with Crippen LogP contribution >= 0.6 is 0 Å². The summed E-state index contributed by atoms with van der Waals surface area (Å²) in [6.45, 7) is 8.79. The van der Waals surface area contributed by atoms with Gasteiger partial charge in [-0.05, 0) is 44.2 Å². The molecule has 1 aromatic heterocycles. The topological polar surface area (TPSA) is 50.8 Å². The van der Waals surface area contributed by atoms with Crippen LogP contribution < -0.4 is 0 Å². The van der Waals surface area contributed by atoms with Gasteiger partial charge in [0, 0.05) is 12.1 Å². The van der Waals surface area contributed by atoms with Crippen LogP contribution in [0.1, 0.15) is 25.1 Å². The summed E-state index contributed by atoms with van der Waals surface area (Å²) in [5, 5.41) is 13.7. The number of hydrogen-bond donors (Lipinski definition) is 0. The standard InChI is InChI=1S/C20H21N3O/c1-4-8-19(9-5-2)24-15-18-13-20(23(6-3)22-18)17-11-7-10-16(12-17)14-21/h4-5,7-13H,1,6,15H2,2-3H3/b9-5-,19-8+. The zero-order chi connectivity index (χ0) is 17.4. The molecule has 0 saturated carbocycles. The van der Waals surface area contributed by atoms with E-state index in [1.54, 1.807) is 12.1 Å². The van der Waals surface area contributed by atoms with Crippen molar-refractivity contribution in [2.75, 3.05) is 0 Å². The van der Waals surface area contributed by atoms with E-state index in [1.807, 2.05) is 61.0 Å². The summed E-state index contributed by atoms with van der Waals surface area (Å²) in [4.78, 5) is 0. The van der Waals surface area contributed by atoms with Gasteiger partial charge in [0.25, 0.3) is 0 Å². The van der Waals surface area contributed by atoms with Gasteiger partial charge in [-0.2, -0.15) is 10.4 Å². The van der Waals surface area contributed by atoms with E-state index >= 15 is 0 Å². The lowest BCUT2D eigenvalue weighted by molar-refractivity contribution is 0.206. The number of benzene rings is 1. The molecule has 24 heavy (non-hydrogen) atoms. The minimum atomic E-state index is 0.377. The van der Waals surface area contributed by atoms with Gasteiger partial charge in [-0.1, -0.05) is 30.9 Å². The van der Waals surface area contributed by atoms with E-state index in [0.29, 0.717) is 12.2 Å². The predicted octanol–water partition coefficient (Wildman–Crippen LogP) is 4.60. The molecule has 0 unspecified atom stereocenters. The van der Waals surface area contributed by atoms with E-state index in [1.165, 1.54) is 0 Å². The van der Waals surface area contributed by atoms with E-state index in [9.17, 15) is 0 Å². The summed E-state index contributed by atoms with van der Waals surface area (Å²) in [5.41, 5.74) is 3.44. The third-order valence-corrected chi connectivity index (χ3v) is 3.42. The average molecular weight is 319 g/mol. The monoisotopic (exact) mass is 319 g/mol. The Labute approximate surface area is 143 Å². The maximum atomic E-state index is 9.07. The summed E-state index contributed by atoms with van der Waals surface area (Å²) in [5.74, 6) is 0.742. The van der Waals surface area contributed by atoms with Crippen molar-refractivity contribution in [3.63, 3.8) is 0 Å². The van der Waals surface area contributed by atoms with Crippen LogP contribution in [-0.4, -0.2) is 9.78 Å². The Morgan fingerprint density at radius 3 is 2.92 bits per heavy atom. The quantitative estimate of drug-likeness (QED) is 0.553. The van der Waals surface area contributed by atoms with Gasteiger partial charge < -0.3 is 4.74 Å². The molecule has 2 rings (SSSR count). The lowest BCUT2D eigenvalue weighted by atomic mass is 10.1. The van der Waals surface area contributed by atoms with Crippen LogP contribution in [0.15, 0.2) is 67.0 Å². The van der Waals surface area contributed by atoms with Gasteiger partial charge in [0.05, 0.1) is 17.3 Å². The van der Waals surface area contributed by atoms with Crippen LogP contribution in [0.25, 0.3) is 11.3 Å². The second-order valence-electron chi connectivity index (χ2n) is 5.12. The fraction of sp³-hybridized carbons (Fsp3) is 0.200. The molecule has 2 aromatic rings. The largest absolute Gasteiger partial charge is 0.487 e. The van der Waals surface area contributed by atoms with Crippen molar-refractivity contribution in [2.45, 2.75) is 27.0 Å². The molecule has 0 radical (unpaired) electrons. The molecule has 1 aromatic carbocycles. The number of aryl methyl sites for hydroxylation is 1. The highest BCUT2D eigenvalue weighted by Gasteiger charge is 2.10. The van der Waals surface area contributed by atoms with Crippen LogP contribution in [0.3, 0.4) is 0 Å². The van der Waals surface area contributed by atoms with E-state index < -0.39 is 0 Å². The number of nitrogens with zero attached hydrogens (tertiary/aromatic N) is 3. The number of nitriles is 1. The molecule has 0 aliphatic rings. The Bertz CT molecular complexity index is 807. The minimum Gasteiger partial charge on any atom is -0.487 e. The van der Waals surface area contributed by atoms with E-state index in [0.717, 1.165) is 29.3 Å². The van der Waals surface area contributed by atoms with Crippen molar-refractivity contribution in [1.29, 1.82) is 5.26 Å². The first-order valence-electron chi connectivity index (χ1n) is 7.87. The molecule has 4 nitrogen and oxygen atoms in total. The van der Waals surface area contributed by atoms with Gasteiger partial charge in [-0.15, -0.1) is 0 Å². The second-order valence-corrected chi connectivity index (χ2v) is 5.12. The fourth-order valence-electron chi connectivity index (χ4n) is 2.35. The zero-order valence-corrected chi connectivity index (χ0v) is 14.1. The first-order chi connectivity index (χ1) is 11.7. The number of allylic oxidation sites excluding steroid dienone is 4. The van der Waals surface area contributed by atoms with E-state index in [2.05, 4.69) is 17.7 Å². The molecule has 0 saturated heterocycles. The smallest absolute Gasteiger partial charge is 0.132 e. The lowest BCUT2D eigenvalue weighted by Gasteiger charge is -2.04. The van der Waals surface area contributed by atoms with Crippen LogP contribution in [0, 0.1) is 11.3 Å². The van der Waals surface area contributed by atoms with Gasteiger partial charge in [0.2, 0.25) is 0 Å². The predicted molar refractivity (Wildman–Crippen MR) is 95.9 cm³/mol. The maximum Gasteiger partial charge on any atom is 0.132 e. The zero-order valence-electron chi connectivity index (χ0n) is 14.1. The molecular formula is C20H21N3O. The molecule has 0 spiro atoms. The van der Waals surface area contributed by atoms with Crippen LogP contribution in [0.4, 0.5) is 0 Å². The molecule has 0 fully saturated rings. The van der Waals surface area contributed by atoms with E-state index in [4.69, 9.17) is 10.00 Å². The molecule has 0 atom stereocenters. The van der Waals surface area contributed by atoms with Gasteiger partial charge in [-0.3, -0.25) is 4.68 Å². The number of ether oxygens (including phenoxy) is 1. The number of aromatic nitrogens is 2. The molecule has 122 valence electrons. The Balaban J connectivity index is 2.25. The van der Waals surface area contributed by atoms with Crippen molar-refractivity contribution in [2.24, 2.45) is 0 Å². The summed E-state index contributed by atoms with van der Waals surface area (Å²) in [7, 11) is 0. The van der Waals surface area contributed by atoms with Crippen molar-refractivity contribution < 1.29 is 4.74 Å². The summed E-state index contributed by atoms with van der Waals surface area (Å²) < 4.78 is 7.70. The molecule has 0 aliphatic carbocycles. The molecule has 4 heteroatoms. The first kappa shape index (κ1) is 17.3. The lowest BCUT2D eigenvalue weighted by Crippen LogP contribution is -2.00. The normalized spacial score (nSPS) is 11.5. The number of hydrogen-bond acceptors (Lipinski definition) is 3. The van der Waals surface area contributed by atoms with Gasteiger partial charge in [-0.25, -0.2) is 0 Å². The molecule has 0 amide bonds. The first-order valence-corrected chi connectivity index (χ1v) is 7.87. The maximum absolute atomic E-state index is 9.07. The Kier molecular flexibility index (Phi) is 6.16. The highest BCUT2D eigenvalue weighted by atomic mass is 16.5. The van der Waals surface area contributed by atoms with E-state index in [-0.39, 0.29) is 0 Å². The highest BCUT2D eigenvalue weighted by Crippen LogP contribution is 2.22. The third kappa shape index (κ3) is 4.23. The van der Waals surface area contributed by atoms with Crippen molar-refractivity contribution in [3.8, 4) is 17.3 Å². The molecule has 1 heterocycles. The average Bonchev–Trinajstić information content (AvgIpc) is 3.03. The Hall–Kier alpha value is -3.06. The Morgan fingerprint density at radius 2 is 2.25 bits per heavy atom. The van der Waals surface area contributed by atoms with Crippen molar-refractivity contribution in [1.82, 2.24) is 9.78 Å². The molecule has 0 bridgehead atoms. The summed E-state index contributed by atoms with van der Waals surface area (Å²) in [6.07, 6.45) is 7.31. The summed E-state index contributed by atoms with van der Waals surface area (Å²) >= 11 is 0. The third-order valence-electron chi connectivity index (χ3n) is 3.42. The molecule has 0 aliphatic heterocycles. The molecular weight excluding hydrogens is 298 g/mol. The fourth-order valence-corrected chi connectivity index (χ4v) is 2.35. The summed E-state index contributed by atoms with van der Waals surface area (Å²) in [6, 6.07) is 11.7. The Morgan fingerprint density at radius 1 is 1.42 bits per heavy atom. The van der Waals surface area contributed by atoms with Crippen molar-refractivity contribution in [3.05, 3.63) is 78.2 Å². The van der Waals surface area contributed by atoms with Gasteiger partial charge >= 0.3 is 0 Å². The second kappa shape index (κ2) is 8.54. The number of rotatable bonds is 7. The van der Waals surface area contributed by atoms with Crippen LogP contribution in [0.2, 0.25) is 0 Å².